The standard InChI is InChI=1S/C15H24O2/c1-3-14-5-4-6-15(11-14)8-7-13(2)12-17-10-9-16/h4-6,11,13,16H,3,7-10,12H2,1-2H3. The molecule has 96 valence electrons. The minimum absolute atomic E-state index is 0.116. The molecular formula is C15H24O2. The van der Waals surface area contributed by atoms with Crippen LogP contribution in [0.4, 0.5) is 0 Å². The molecule has 2 nitrogen and oxygen atoms in total. The second-order valence-corrected chi connectivity index (χ2v) is 4.62. The van der Waals surface area contributed by atoms with Crippen molar-refractivity contribution < 1.29 is 9.84 Å². The van der Waals surface area contributed by atoms with Crippen LogP contribution in [-0.4, -0.2) is 24.9 Å². The molecule has 1 atom stereocenters. The van der Waals surface area contributed by atoms with E-state index in [2.05, 4.69) is 38.1 Å². The molecule has 0 spiro atoms. The molecule has 1 unspecified atom stereocenters. The van der Waals surface area contributed by atoms with E-state index in [-0.39, 0.29) is 6.61 Å². The first kappa shape index (κ1) is 14.2. The Morgan fingerprint density at radius 3 is 2.76 bits per heavy atom. The van der Waals surface area contributed by atoms with Crippen LogP contribution in [0, 0.1) is 5.92 Å². The second-order valence-electron chi connectivity index (χ2n) is 4.62. The van der Waals surface area contributed by atoms with Crippen molar-refractivity contribution in [1.82, 2.24) is 0 Å². The molecule has 0 radical (unpaired) electrons. The summed E-state index contributed by atoms with van der Waals surface area (Å²) in [5.74, 6) is 0.548. The number of aryl methyl sites for hydroxylation is 2. The normalized spacial score (nSPS) is 12.6. The van der Waals surface area contributed by atoms with Crippen molar-refractivity contribution in [1.29, 1.82) is 0 Å². The Morgan fingerprint density at radius 1 is 1.29 bits per heavy atom. The van der Waals surface area contributed by atoms with Gasteiger partial charge in [-0.15, -0.1) is 0 Å². The van der Waals surface area contributed by atoms with Crippen LogP contribution in [0.5, 0.6) is 0 Å². The van der Waals surface area contributed by atoms with Crippen molar-refractivity contribution in [2.24, 2.45) is 5.92 Å². The lowest BCUT2D eigenvalue weighted by molar-refractivity contribution is 0.0698. The highest BCUT2D eigenvalue weighted by Crippen LogP contribution is 2.12. The number of ether oxygens (including phenoxy) is 1. The van der Waals surface area contributed by atoms with Crippen molar-refractivity contribution in [3.05, 3.63) is 35.4 Å². The topological polar surface area (TPSA) is 29.5 Å². The van der Waals surface area contributed by atoms with E-state index in [4.69, 9.17) is 9.84 Å². The molecule has 0 saturated carbocycles. The van der Waals surface area contributed by atoms with Crippen molar-refractivity contribution >= 4 is 0 Å². The molecule has 2 heteroatoms. The molecule has 1 rings (SSSR count). The number of rotatable bonds is 8. The van der Waals surface area contributed by atoms with Gasteiger partial charge in [0.25, 0.3) is 0 Å². The zero-order valence-electron chi connectivity index (χ0n) is 11.0. The van der Waals surface area contributed by atoms with E-state index in [1.807, 2.05) is 0 Å². The maximum Gasteiger partial charge on any atom is 0.0697 e. The molecule has 0 aromatic heterocycles. The van der Waals surface area contributed by atoms with E-state index < -0.39 is 0 Å². The first-order valence-electron chi connectivity index (χ1n) is 6.52. The van der Waals surface area contributed by atoms with Crippen molar-refractivity contribution in [3.8, 4) is 0 Å². The highest BCUT2D eigenvalue weighted by atomic mass is 16.5. The molecule has 0 aliphatic rings. The maximum absolute atomic E-state index is 8.62. The Labute approximate surface area is 105 Å². The molecule has 1 aromatic rings. The van der Waals surface area contributed by atoms with Gasteiger partial charge in [0.15, 0.2) is 0 Å². The third-order valence-electron chi connectivity index (χ3n) is 2.96. The summed E-state index contributed by atoms with van der Waals surface area (Å²) >= 11 is 0. The summed E-state index contributed by atoms with van der Waals surface area (Å²) in [6.07, 6.45) is 3.35. The lowest BCUT2D eigenvalue weighted by atomic mass is 10.00. The number of benzene rings is 1. The van der Waals surface area contributed by atoms with Gasteiger partial charge in [0, 0.05) is 6.61 Å². The van der Waals surface area contributed by atoms with Crippen molar-refractivity contribution in [2.75, 3.05) is 19.8 Å². The number of hydrogen-bond acceptors (Lipinski definition) is 2. The largest absolute Gasteiger partial charge is 0.394 e. The molecule has 0 aliphatic carbocycles. The zero-order chi connectivity index (χ0) is 12.5. The lowest BCUT2D eigenvalue weighted by Crippen LogP contribution is -2.09. The van der Waals surface area contributed by atoms with Gasteiger partial charge in [-0.1, -0.05) is 38.1 Å². The van der Waals surface area contributed by atoms with Crippen LogP contribution >= 0.6 is 0 Å². The van der Waals surface area contributed by atoms with Gasteiger partial charge >= 0.3 is 0 Å². The lowest BCUT2D eigenvalue weighted by Gasteiger charge is -2.11. The predicted octanol–water partition coefficient (Wildman–Crippen LogP) is 2.83. The van der Waals surface area contributed by atoms with Crippen LogP contribution in [0.2, 0.25) is 0 Å². The summed E-state index contributed by atoms with van der Waals surface area (Å²) in [6.45, 7) is 5.69. The fourth-order valence-corrected chi connectivity index (χ4v) is 1.85. The minimum atomic E-state index is 0.116. The van der Waals surface area contributed by atoms with E-state index in [0.717, 1.165) is 25.9 Å². The van der Waals surface area contributed by atoms with Gasteiger partial charge in [-0.25, -0.2) is 0 Å². The second kappa shape index (κ2) is 8.26. The number of aliphatic hydroxyl groups is 1. The average Bonchev–Trinajstić information content (AvgIpc) is 2.37. The quantitative estimate of drug-likeness (QED) is 0.703. The summed E-state index contributed by atoms with van der Waals surface area (Å²) in [6, 6.07) is 8.81. The monoisotopic (exact) mass is 236 g/mol. The first-order chi connectivity index (χ1) is 8.26. The number of hydrogen-bond donors (Lipinski definition) is 1. The van der Waals surface area contributed by atoms with Crippen LogP contribution in [0.3, 0.4) is 0 Å². The highest BCUT2D eigenvalue weighted by molar-refractivity contribution is 5.23. The van der Waals surface area contributed by atoms with Crippen molar-refractivity contribution in [3.63, 3.8) is 0 Å². The summed E-state index contributed by atoms with van der Waals surface area (Å²) < 4.78 is 5.33. The van der Waals surface area contributed by atoms with Gasteiger partial charge in [0.2, 0.25) is 0 Å². The van der Waals surface area contributed by atoms with Gasteiger partial charge in [-0.05, 0) is 36.3 Å². The van der Waals surface area contributed by atoms with Gasteiger partial charge in [0.05, 0.1) is 13.2 Å². The van der Waals surface area contributed by atoms with Gasteiger partial charge in [-0.2, -0.15) is 0 Å². The van der Waals surface area contributed by atoms with Gasteiger partial charge < -0.3 is 9.84 Å². The minimum Gasteiger partial charge on any atom is -0.394 e. The summed E-state index contributed by atoms with van der Waals surface area (Å²) in [5.41, 5.74) is 2.82. The van der Waals surface area contributed by atoms with Crippen molar-refractivity contribution in [2.45, 2.75) is 33.1 Å². The average molecular weight is 236 g/mol. The zero-order valence-corrected chi connectivity index (χ0v) is 11.0. The molecule has 1 N–H and O–H groups in total. The van der Waals surface area contributed by atoms with E-state index in [9.17, 15) is 0 Å². The Bertz CT molecular complexity index is 310. The molecule has 1 aromatic carbocycles. The molecule has 0 amide bonds. The van der Waals surface area contributed by atoms with E-state index in [0.29, 0.717) is 12.5 Å². The smallest absolute Gasteiger partial charge is 0.0697 e. The first-order valence-corrected chi connectivity index (χ1v) is 6.52. The summed E-state index contributed by atoms with van der Waals surface area (Å²) in [7, 11) is 0. The van der Waals surface area contributed by atoms with E-state index in [1.54, 1.807) is 0 Å². The molecule has 0 saturated heterocycles. The highest BCUT2D eigenvalue weighted by Gasteiger charge is 2.03. The fourth-order valence-electron chi connectivity index (χ4n) is 1.85. The summed E-state index contributed by atoms with van der Waals surface area (Å²) in [5, 5.41) is 8.62. The molecular weight excluding hydrogens is 212 g/mol. The fraction of sp³-hybridized carbons (Fsp3) is 0.600. The SMILES string of the molecule is CCc1cccc(CCC(C)COCCO)c1. The molecule has 0 bridgehead atoms. The van der Waals surface area contributed by atoms with E-state index >= 15 is 0 Å². The third kappa shape index (κ3) is 5.85. The van der Waals surface area contributed by atoms with Crippen LogP contribution in [-0.2, 0) is 17.6 Å². The third-order valence-corrected chi connectivity index (χ3v) is 2.96. The Hall–Kier alpha value is -0.860. The molecule has 0 aliphatic heterocycles. The van der Waals surface area contributed by atoms with Gasteiger partial charge in [-0.3, -0.25) is 0 Å². The Balaban J connectivity index is 2.28. The Kier molecular flexibility index (Phi) is 6.90. The van der Waals surface area contributed by atoms with Crippen LogP contribution in [0.15, 0.2) is 24.3 Å². The van der Waals surface area contributed by atoms with Crippen LogP contribution in [0.1, 0.15) is 31.4 Å². The Morgan fingerprint density at radius 2 is 2.06 bits per heavy atom. The molecule has 17 heavy (non-hydrogen) atoms. The van der Waals surface area contributed by atoms with Crippen LogP contribution < -0.4 is 0 Å². The molecule has 0 heterocycles. The predicted molar refractivity (Wildman–Crippen MR) is 71.2 cm³/mol. The van der Waals surface area contributed by atoms with Gasteiger partial charge in [0.1, 0.15) is 0 Å². The molecule has 0 fully saturated rings. The summed E-state index contributed by atoms with van der Waals surface area (Å²) in [4.78, 5) is 0. The maximum atomic E-state index is 8.62. The number of aliphatic hydroxyl groups excluding tert-OH is 1. The van der Waals surface area contributed by atoms with E-state index in [1.165, 1.54) is 11.1 Å². The van der Waals surface area contributed by atoms with Crippen LogP contribution in [0.25, 0.3) is 0 Å².